The molecule has 3 aliphatic heterocycles. The molecule has 12 amide bonds. The van der Waals surface area contributed by atoms with Gasteiger partial charge in [-0.2, -0.15) is 13.2 Å². The van der Waals surface area contributed by atoms with Crippen molar-refractivity contribution in [3.63, 3.8) is 0 Å². The number of fused-ring (bicyclic) bond motifs is 3. The maximum absolute atomic E-state index is 15.9. The smallest absolute Gasteiger partial charge is 0.382 e. The average Bonchev–Trinajstić information content (AvgIpc) is 1.08. The van der Waals surface area contributed by atoms with Gasteiger partial charge in [0.1, 0.15) is 78.7 Å². The number of nitrogens with one attached hydrogen (secondary N) is 3. The molecule has 2 bridgehead atoms. The molecule has 26 nitrogen and oxygen atoms in total. The lowest BCUT2D eigenvalue weighted by Crippen LogP contribution is -2.71. The highest BCUT2D eigenvalue weighted by Gasteiger charge is 2.60. The normalized spacial score (nSPS) is 32.2. The minimum atomic E-state index is -5.21. The standard InChI is InChI=1S/C79H123F7N12O14/c1-15-45(4)65-74(108)97(50-30-31-50)41-63(101)92(10)56-24-19-18-20-33-96(73(56)107)59(36-46-25-28-49(29-26-46)67(82)83)72(106)91(9)40-61(99)87-55(32-27-47-34-53(80)64(54(81)35-47)79(84,85)86)70(104)98-39-52(112-51-22-21-23-51)37-57(98)69(103)89-78(43-77(5,6)44-78)76(110)95(13)66(48(16-2)17-3)75(109)94(12)58(71(105)90(7)8)38-62(100)93(11)60(42-111-14)68(102)88-65/h18-19,45-60,64-67H,15-17,20-44H2,1-14H3,(H,87,99)(H,88,102)(H,89,103)/b19-18-/t45-,46?,47?,49?,52+,53?,54?,55-,56-,57-,58-,59-,60-,64?,65-,66-/m0/s1. The minimum absolute atomic E-state index is 0.00861. The van der Waals surface area contributed by atoms with Crippen LogP contribution < -0.4 is 16.0 Å². The van der Waals surface area contributed by atoms with Crippen LogP contribution in [0.1, 0.15) is 189 Å². The van der Waals surface area contributed by atoms with E-state index in [0.29, 0.717) is 44.9 Å². The SMILES string of the molecule is CCC(CC)[C@H]1C(=O)N(C)[C@H](C(=O)N(C)C)CC(=O)N(C)[C@@H](COC)C(=O)N[C@@H]([C@@H](C)CC)C(=O)N(C2CC2)CC(=O)N(C)[C@H]2C/C=C\CCN(C2=O)[C@@H](CC2CCC(C(F)F)CC2)C(=O)N(C)CC(=O)N[C@@H](CCC2CC(F)C(C(F)(F)F)C(F)C2)C(=O)N2C[C@H](OC3CCC3)C[C@H]2C(=O)NC2(CC(C)(C)C2)C(=O)N1C. The number of carbonyl (C=O) groups excluding carboxylic acids is 12. The molecule has 3 N–H and O–H groups in total. The Morgan fingerprint density at radius 1 is 0.661 bits per heavy atom. The van der Waals surface area contributed by atoms with Gasteiger partial charge in [0.15, 0.2) is 0 Å². The number of nitrogens with zero attached hydrogens (tertiary/aromatic N) is 9. The van der Waals surface area contributed by atoms with E-state index in [0.717, 1.165) is 21.1 Å². The van der Waals surface area contributed by atoms with Crippen LogP contribution in [0.2, 0.25) is 0 Å². The van der Waals surface area contributed by atoms with E-state index >= 15 is 42.3 Å². The Morgan fingerprint density at radius 3 is 1.84 bits per heavy atom. The van der Waals surface area contributed by atoms with Crippen molar-refractivity contribution >= 4 is 70.9 Å². The second kappa shape index (κ2) is 38.5. The number of carbonyl (C=O) groups is 12. The summed E-state index contributed by atoms with van der Waals surface area (Å²) < 4.78 is 114. The molecule has 5 aliphatic carbocycles. The number of alkyl halides is 7. The van der Waals surface area contributed by atoms with Crippen molar-refractivity contribution in [1.29, 1.82) is 0 Å². The summed E-state index contributed by atoms with van der Waals surface area (Å²) in [4.78, 5) is 194. The third-order valence-corrected chi connectivity index (χ3v) is 25.3. The maximum Gasteiger partial charge on any atom is 0.397 e. The van der Waals surface area contributed by atoms with Crippen LogP contribution >= 0.6 is 0 Å². The number of hydrogen-bond acceptors (Lipinski definition) is 14. The maximum atomic E-state index is 15.9. The molecule has 12 atom stereocenters. The summed E-state index contributed by atoms with van der Waals surface area (Å²) in [5, 5.41) is 8.57. The number of methoxy groups -OCH3 is 1. The molecule has 112 heavy (non-hydrogen) atoms. The predicted molar refractivity (Wildman–Crippen MR) is 399 cm³/mol. The Balaban J connectivity index is 1.23. The van der Waals surface area contributed by atoms with E-state index in [2.05, 4.69) is 16.0 Å². The van der Waals surface area contributed by atoms with Crippen molar-refractivity contribution in [1.82, 2.24) is 60.0 Å². The summed E-state index contributed by atoms with van der Waals surface area (Å²) in [6.45, 7) is 8.70. The molecule has 8 aliphatic rings. The highest BCUT2D eigenvalue weighted by molar-refractivity contribution is 6.01. The summed E-state index contributed by atoms with van der Waals surface area (Å²) in [7, 11) is 10.9. The summed E-state index contributed by atoms with van der Waals surface area (Å²) in [6.07, 6.45) is -8.96. The van der Waals surface area contributed by atoms with Gasteiger partial charge in [0.25, 0.3) is 0 Å². The fourth-order valence-corrected chi connectivity index (χ4v) is 18.1. The molecule has 5 saturated carbocycles. The van der Waals surface area contributed by atoms with Crippen LogP contribution in [0.5, 0.6) is 0 Å². The molecule has 632 valence electrons. The zero-order valence-electron chi connectivity index (χ0n) is 67.9. The highest BCUT2D eigenvalue weighted by Crippen LogP contribution is 2.50. The molecule has 0 radical (unpaired) electrons. The van der Waals surface area contributed by atoms with Crippen molar-refractivity contribution in [2.45, 2.75) is 286 Å². The molecule has 0 aromatic heterocycles. The molecule has 0 aromatic carbocycles. The Hall–Kier alpha value is -7.19. The van der Waals surface area contributed by atoms with E-state index in [-0.39, 0.29) is 89.8 Å². The number of halogens is 7. The molecule has 3 heterocycles. The molecule has 2 saturated heterocycles. The van der Waals surface area contributed by atoms with Gasteiger partial charge in [-0.1, -0.05) is 73.0 Å². The van der Waals surface area contributed by atoms with Crippen molar-refractivity contribution in [3.05, 3.63) is 12.2 Å². The number of amides is 12. The molecule has 8 rings (SSSR count). The summed E-state index contributed by atoms with van der Waals surface area (Å²) in [5.41, 5.74) is -2.38. The van der Waals surface area contributed by atoms with Crippen LogP contribution in [-0.4, -0.2) is 301 Å². The fourth-order valence-electron chi connectivity index (χ4n) is 18.1. The van der Waals surface area contributed by atoms with E-state index < -0.39 is 248 Å². The van der Waals surface area contributed by atoms with Gasteiger partial charge in [-0.15, -0.1) is 0 Å². The number of ether oxygens (including phenoxy) is 2. The number of hydrogen-bond donors (Lipinski definition) is 3. The van der Waals surface area contributed by atoms with Gasteiger partial charge in [-0.25, -0.2) is 17.6 Å². The van der Waals surface area contributed by atoms with E-state index in [4.69, 9.17) is 9.47 Å². The van der Waals surface area contributed by atoms with Gasteiger partial charge in [-0.3, -0.25) is 57.5 Å². The molecule has 1 spiro atoms. The molecular weight excluding hydrogens is 1470 g/mol. The largest absolute Gasteiger partial charge is 0.397 e. The highest BCUT2D eigenvalue weighted by atomic mass is 19.4. The van der Waals surface area contributed by atoms with Crippen LogP contribution in [-0.2, 0) is 67.0 Å². The quantitative estimate of drug-likeness (QED) is 0.102. The van der Waals surface area contributed by atoms with Crippen LogP contribution in [0.15, 0.2) is 12.2 Å². The molecule has 7 fully saturated rings. The third-order valence-electron chi connectivity index (χ3n) is 25.3. The van der Waals surface area contributed by atoms with E-state index in [9.17, 15) is 45.9 Å². The summed E-state index contributed by atoms with van der Waals surface area (Å²) in [5.74, 6) is -15.9. The van der Waals surface area contributed by atoms with E-state index in [1.54, 1.807) is 26.0 Å². The summed E-state index contributed by atoms with van der Waals surface area (Å²) in [6, 6.07) is -12.0. The topological polar surface area (TPSA) is 289 Å². The zero-order valence-corrected chi connectivity index (χ0v) is 67.9. The second-order valence-electron chi connectivity index (χ2n) is 34.3. The molecule has 2 unspecified atom stereocenters. The first kappa shape index (κ1) is 90.3. The van der Waals surface area contributed by atoms with Gasteiger partial charge < -0.3 is 69.5 Å². The first-order valence-electron chi connectivity index (χ1n) is 40.4. The van der Waals surface area contributed by atoms with Crippen molar-refractivity contribution in [2.75, 3.05) is 89.2 Å². The van der Waals surface area contributed by atoms with Gasteiger partial charge in [-0.05, 0) is 145 Å². The van der Waals surface area contributed by atoms with Crippen molar-refractivity contribution in [3.8, 4) is 0 Å². The van der Waals surface area contributed by atoms with Gasteiger partial charge in [0.05, 0.1) is 31.8 Å². The van der Waals surface area contributed by atoms with E-state index in [1.807, 2.05) is 27.7 Å². The summed E-state index contributed by atoms with van der Waals surface area (Å²) >= 11 is 0. The van der Waals surface area contributed by atoms with Gasteiger partial charge in [0.2, 0.25) is 77.3 Å². The first-order valence-corrected chi connectivity index (χ1v) is 40.4. The van der Waals surface area contributed by atoms with Crippen LogP contribution in [0.25, 0.3) is 0 Å². The Labute approximate surface area is 654 Å². The lowest BCUT2D eigenvalue weighted by atomic mass is 9.58. The van der Waals surface area contributed by atoms with Crippen molar-refractivity contribution in [2.24, 2.45) is 40.9 Å². The first-order chi connectivity index (χ1) is 52.6. The Morgan fingerprint density at radius 2 is 1.29 bits per heavy atom. The van der Waals surface area contributed by atoms with Crippen molar-refractivity contribution < 1.29 is 97.7 Å². The lowest BCUT2D eigenvalue weighted by Gasteiger charge is -2.54. The third kappa shape index (κ3) is 21.5. The number of likely N-dealkylation sites (N-methyl/N-ethyl adjacent to an activating group) is 6. The Bertz CT molecular complexity index is 3370. The van der Waals surface area contributed by atoms with E-state index in [1.165, 1.54) is 85.8 Å². The lowest BCUT2D eigenvalue weighted by molar-refractivity contribution is -0.219. The minimum Gasteiger partial charge on any atom is -0.382 e. The monoisotopic (exact) mass is 1600 g/mol. The average molecular weight is 1600 g/mol. The predicted octanol–water partition coefficient (Wildman–Crippen LogP) is 6.60. The van der Waals surface area contributed by atoms with Gasteiger partial charge >= 0.3 is 6.18 Å². The molecule has 0 aromatic rings. The fraction of sp³-hybridized carbons (Fsp3) is 0.823. The number of rotatable bonds is 17. The van der Waals surface area contributed by atoms with Crippen LogP contribution in [0, 0.1) is 40.9 Å². The zero-order chi connectivity index (χ0) is 82.9. The molecular formula is C79H123F7N12O14. The molecule has 33 heteroatoms. The van der Waals surface area contributed by atoms with Gasteiger partial charge in [0, 0.05) is 87.9 Å². The Kier molecular flexibility index (Phi) is 31.1. The van der Waals surface area contributed by atoms with Crippen LogP contribution in [0.4, 0.5) is 30.7 Å². The van der Waals surface area contributed by atoms with Crippen LogP contribution in [0.3, 0.4) is 0 Å². The second-order valence-corrected chi connectivity index (χ2v) is 34.3.